The number of halogens is 2. The van der Waals surface area contributed by atoms with Crippen LogP contribution in [0.15, 0.2) is 78.9 Å². The van der Waals surface area contributed by atoms with Gasteiger partial charge in [0, 0.05) is 5.70 Å². The molecule has 0 spiro atoms. The number of benzene rings is 3. The van der Waals surface area contributed by atoms with Crippen LogP contribution in [-0.4, -0.2) is 16.2 Å². The van der Waals surface area contributed by atoms with E-state index in [1.165, 1.54) is 5.56 Å². The fraction of sp³-hybridized carbons (Fsp3) is 0.125. The quantitative estimate of drug-likeness (QED) is 0.454. The van der Waals surface area contributed by atoms with Crippen LogP contribution in [0.1, 0.15) is 22.7 Å². The number of aryl methyl sites for hydroxylation is 1. The number of allylic oxidation sites excluding steroid dienone is 1. The monoisotopic (exact) mass is 403 g/mol. The molecule has 1 N–H and O–H groups in total. The second-order valence-corrected chi connectivity index (χ2v) is 7.26. The first-order valence-corrected chi connectivity index (χ1v) is 9.66. The average Bonchev–Trinajstić information content (AvgIpc) is 3.12. The van der Waals surface area contributed by atoms with Crippen molar-refractivity contribution in [1.29, 1.82) is 0 Å². The summed E-state index contributed by atoms with van der Waals surface area (Å²) in [5.41, 5.74) is 6.04. The van der Waals surface area contributed by atoms with E-state index in [4.69, 9.17) is 4.98 Å². The molecular weight excluding hydrogens is 384 g/mol. The minimum Gasteiger partial charge on any atom is -0.435 e. The predicted molar refractivity (Wildman–Crippen MR) is 114 cm³/mol. The van der Waals surface area contributed by atoms with Gasteiger partial charge in [0.25, 0.3) is 0 Å². The summed E-state index contributed by atoms with van der Waals surface area (Å²) in [6, 6.07) is 22.9. The smallest absolute Gasteiger partial charge is 0.387 e. The molecule has 1 aliphatic rings. The average molecular weight is 403 g/mol. The van der Waals surface area contributed by atoms with Crippen LogP contribution in [-0.2, 0) is 0 Å². The first kappa shape index (κ1) is 18.4. The van der Waals surface area contributed by atoms with Gasteiger partial charge in [-0.05, 0) is 48.4 Å². The number of hydrogen-bond donors (Lipinski definition) is 1. The summed E-state index contributed by atoms with van der Waals surface area (Å²) < 4.78 is 31.7. The number of alkyl halides is 2. The van der Waals surface area contributed by atoms with E-state index in [1.54, 1.807) is 12.1 Å². The summed E-state index contributed by atoms with van der Waals surface area (Å²) in [7, 11) is 0. The number of ether oxygens (including phenoxy) is 1. The first-order chi connectivity index (χ1) is 14.6. The lowest BCUT2D eigenvalue weighted by Gasteiger charge is -2.27. The van der Waals surface area contributed by atoms with Gasteiger partial charge >= 0.3 is 6.61 Å². The van der Waals surface area contributed by atoms with E-state index in [1.807, 2.05) is 36.4 Å². The highest BCUT2D eigenvalue weighted by molar-refractivity contribution is 5.85. The van der Waals surface area contributed by atoms with E-state index in [2.05, 4.69) is 51.9 Å². The molecule has 4 aromatic rings. The molecule has 0 radical (unpaired) electrons. The van der Waals surface area contributed by atoms with Crippen molar-refractivity contribution in [3.8, 4) is 5.75 Å². The molecule has 0 saturated heterocycles. The van der Waals surface area contributed by atoms with E-state index < -0.39 is 6.61 Å². The molecule has 150 valence electrons. The van der Waals surface area contributed by atoms with Gasteiger partial charge in [0.15, 0.2) is 0 Å². The van der Waals surface area contributed by atoms with Gasteiger partial charge in [-0.25, -0.2) is 4.98 Å². The molecular formula is C24H19F2N3O. The zero-order valence-electron chi connectivity index (χ0n) is 16.2. The number of aromatic nitrogens is 2. The van der Waals surface area contributed by atoms with Crippen molar-refractivity contribution in [3.63, 3.8) is 0 Å². The molecule has 0 unspecified atom stereocenters. The van der Waals surface area contributed by atoms with Crippen LogP contribution >= 0.6 is 0 Å². The van der Waals surface area contributed by atoms with Crippen molar-refractivity contribution in [2.24, 2.45) is 0 Å². The molecule has 2 heterocycles. The standard InChI is InChI=1S/C24H19F2N3O/c1-15-6-8-16(9-7-15)20-14-22(17-10-12-18(13-11-17)30-23(25)26)29-21-5-3-2-4-19(21)27-24(29)28-20/h2-14,22-23H,1H3,(H,27,28)/t22-/m0/s1. The van der Waals surface area contributed by atoms with E-state index in [-0.39, 0.29) is 11.8 Å². The van der Waals surface area contributed by atoms with Crippen molar-refractivity contribution >= 4 is 22.7 Å². The van der Waals surface area contributed by atoms with Crippen LogP contribution in [0.25, 0.3) is 16.7 Å². The lowest BCUT2D eigenvalue weighted by Crippen LogP contribution is -2.19. The lowest BCUT2D eigenvalue weighted by atomic mass is 10.0. The van der Waals surface area contributed by atoms with Crippen LogP contribution in [0, 0.1) is 6.92 Å². The van der Waals surface area contributed by atoms with Crippen LogP contribution in [0.2, 0.25) is 0 Å². The zero-order chi connectivity index (χ0) is 20.7. The molecule has 4 nitrogen and oxygen atoms in total. The summed E-state index contributed by atoms with van der Waals surface area (Å²) in [4.78, 5) is 4.77. The second-order valence-electron chi connectivity index (χ2n) is 7.26. The van der Waals surface area contributed by atoms with E-state index in [9.17, 15) is 8.78 Å². The van der Waals surface area contributed by atoms with Gasteiger partial charge in [0.2, 0.25) is 5.95 Å². The summed E-state index contributed by atoms with van der Waals surface area (Å²) >= 11 is 0. The van der Waals surface area contributed by atoms with Gasteiger partial charge in [0.1, 0.15) is 5.75 Å². The van der Waals surface area contributed by atoms with Crippen molar-refractivity contribution in [2.45, 2.75) is 19.6 Å². The normalized spacial score (nSPS) is 15.6. The van der Waals surface area contributed by atoms with Crippen LogP contribution in [0.5, 0.6) is 5.75 Å². The number of rotatable bonds is 4. The molecule has 5 rings (SSSR count). The van der Waals surface area contributed by atoms with Crippen LogP contribution < -0.4 is 10.1 Å². The molecule has 3 aromatic carbocycles. The summed E-state index contributed by atoms with van der Waals surface area (Å²) in [5, 5.41) is 3.45. The maximum atomic E-state index is 12.5. The van der Waals surface area contributed by atoms with E-state index >= 15 is 0 Å². The molecule has 0 aliphatic carbocycles. The minimum atomic E-state index is -2.84. The zero-order valence-corrected chi connectivity index (χ0v) is 16.2. The predicted octanol–water partition coefficient (Wildman–Crippen LogP) is 6.00. The third-order valence-electron chi connectivity index (χ3n) is 5.25. The lowest BCUT2D eigenvalue weighted by molar-refractivity contribution is -0.0498. The van der Waals surface area contributed by atoms with Crippen molar-refractivity contribution in [1.82, 2.24) is 9.55 Å². The Labute approximate surface area is 172 Å². The fourth-order valence-electron chi connectivity index (χ4n) is 3.80. The number of nitrogens with one attached hydrogen (secondary N) is 1. The molecule has 1 atom stereocenters. The topological polar surface area (TPSA) is 39.1 Å². The number of fused-ring (bicyclic) bond motifs is 3. The Morgan fingerprint density at radius 1 is 0.967 bits per heavy atom. The highest BCUT2D eigenvalue weighted by atomic mass is 19.3. The maximum Gasteiger partial charge on any atom is 0.387 e. The number of para-hydroxylation sites is 2. The molecule has 0 amide bonds. The van der Waals surface area contributed by atoms with Gasteiger partial charge in [-0.1, -0.05) is 54.1 Å². The molecule has 1 aromatic heterocycles. The number of imidazole rings is 1. The number of hydrogen-bond acceptors (Lipinski definition) is 3. The summed E-state index contributed by atoms with van der Waals surface area (Å²) in [5.74, 6) is 0.883. The molecule has 0 fully saturated rings. The number of nitrogens with zero attached hydrogens (tertiary/aromatic N) is 2. The maximum absolute atomic E-state index is 12.5. The number of anilines is 1. The van der Waals surface area contributed by atoms with Gasteiger partial charge in [-0.2, -0.15) is 8.78 Å². The highest BCUT2D eigenvalue weighted by Crippen LogP contribution is 2.37. The molecule has 6 heteroatoms. The largest absolute Gasteiger partial charge is 0.435 e. The van der Waals surface area contributed by atoms with Crippen LogP contribution in [0.3, 0.4) is 0 Å². The third-order valence-corrected chi connectivity index (χ3v) is 5.25. The summed E-state index contributed by atoms with van der Waals surface area (Å²) in [6.45, 7) is -0.787. The van der Waals surface area contributed by atoms with Crippen LogP contribution in [0.4, 0.5) is 14.7 Å². The van der Waals surface area contributed by atoms with Crippen molar-refractivity contribution in [3.05, 3.63) is 95.6 Å². The SMILES string of the molecule is Cc1ccc(C2=C[C@@H](c3ccc(OC(F)F)cc3)n3c(nc4ccccc43)N2)cc1. The molecule has 30 heavy (non-hydrogen) atoms. The molecule has 0 saturated carbocycles. The van der Waals surface area contributed by atoms with Gasteiger partial charge < -0.3 is 10.1 Å². The Kier molecular flexibility index (Phi) is 4.47. The van der Waals surface area contributed by atoms with Crippen molar-refractivity contribution < 1.29 is 13.5 Å². The Hall–Kier alpha value is -3.67. The first-order valence-electron chi connectivity index (χ1n) is 9.66. The highest BCUT2D eigenvalue weighted by Gasteiger charge is 2.25. The van der Waals surface area contributed by atoms with E-state index in [0.717, 1.165) is 33.8 Å². The van der Waals surface area contributed by atoms with Gasteiger partial charge in [-0.3, -0.25) is 4.57 Å². The Balaban J connectivity index is 1.63. The van der Waals surface area contributed by atoms with E-state index in [0.29, 0.717) is 0 Å². The Bertz CT molecular complexity index is 1230. The Morgan fingerprint density at radius 2 is 1.70 bits per heavy atom. The minimum absolute atomic E-state index is 0.140. The molecule has 1 aliphatic heterocycles. The third kappa shape index (κ3) is 3.30. The Morgan fingerprint density at radius 3 is 2.43 bits per heavy atom. The van der Waals surface area contributed by atoms with Gasteiger partial charge in [-0.15, -0.1) is 0 Å². The van der Waals surface area contributed by atoms with Crippen molar-refractivity contribution in [2.75, 3.05) is 5.32 Å². The second kappa shape index (κ2) is 7.30. The fourth-order valence-corrected chi connectivity index (χ4v) is 3.80. The van der Waals surface area contributed by atoms with Gasteiger partial charge in [0.05, 0.1) is 17.1 Å². The molecule has 0 bridgehead atoms. The summed E-state index contributed by atoms with van der Waals surface area (Å²) in [6.07, 6.45) is 2.13.